The van der Waals surface area contributed by atoms with E-state index in [0.29, 0.717) is 16.5 Å². The molecule has 22 atom stereocenters. The van der Waals surface area contributed by atoms with E-state index in [0.717, 1.165) is 23.4 Å². The van der Waals surface area contributed by atoms with Crippen LogP contribution in [0.25, 0.3) is 10.9 Å². The number of hydrogen-bond donors (Lipinski definition) is 31. The number of hydrogen-bond acceptors (Lipinski definition) is 29. The molecule has 3 aromatic rings. The van der Waals surface area contributed by atoms with Crippen molar-refractivity contribution < 1.29 is 121 Å². The summed E-state index contributed by atoms with van der Waals surface area (Å²) in [7, 11) is 0. The Bertz CT molecular complexity index is 5280. The number of carbonyl (C=O) groups excluding carboxylic acids is 21. The Morgan fingerprint density at radius 3 is 1.48 bits per heavy atom. The lowest BCUT2D eigenvalue weighted by Gasteiger charge is -2.30. The number of aliphatic hydroxyl groups excluding tert-OH is 2. The number of aliphatic hydroxyl groups is 2. The minimum atomic E-state index is -1.88. The average molecular weight is 2120 g/mol. The van der Waals surface area contributed by atoms with E-state index >= 15 is 9.59 Å². The maximum Gasteiger partial charge on any atom is 0.303 e. The summed E-state index contributed by atoms with van der Waals surface area (Å²) in [4.78, 5) is 315. The van der Waals surface area contributed by atoms with Gasteiger partial charge in [-0.15, -0.1) is 5.10 Å². The van der Waals surface area contributed by atoms with Crippen molar-refractivity contribution in [2.75, 3.05) is 26.2 Å². The van der Waals surface area contributed by atoms with E-state index in [-0.39, 0.29) is 95.5 Å². The Kier molecular flexibility index (Phi) is 50.7. The number of carboxylic acids is 1. The molecule has 4 heterocycles. The monoisotopic (exact) mass is 2120 g/mol. The molecule has 1 fully saturated rings. The van der Waals surface area contributed by atoms with Gasteiger partial charge in [0.1, 0.15) is 115 Å². The topological polar surface area (TPSA) is 890 Å². The number of aliphatic carboxylic acids is 1. The Morgan fingerprint density at radius 1 is 0.520 bits per heavy atom. The fourth-order valence-electron chi connectivity index (χ4n) is 15.7. The average Bonchev–Trinajstić information content (AvgIpc) is 1.67. The lowest BCUT2D eigenvalue weighted by Crippen LogP contribution is -2.61. The van der Waals surface area contributed by atoms with Gasteiger partial charge in [-0.3, -0.25) is 116 Å². The number of fused-ring (bicyclic) bond motifs is 4. The number of aromatic amines is 1. The van der Waals surface area contributed by atoms with Gasteiger partial charge >= 0.3 is 5.97 Å². The summed E-state index contributed by atoms with van der Waals surface area (Å²) in [6.45, 7) is 19.1. The Morgan fingerprint density at radius 2 is 0.960 bits per heavy atom. The van der Waals surface area contributed by atoms with Crippen LogP contribution in [-0.4, -0.2) is 335 Å². The van der Waals surface area contributed by atoms with Crippen LogP contribution in [0, 0.1) is 28.6 Å². The number of primary amides is 1. The summed E-state index contributed by atoms with van der Waals surface area (Å²) in [6, 6.07) is -22.9. The second-order valence-electron chi connectivity index (χ2n) is 38.3. The third-order valence-corrected chi connectivity index (χ3v) is 24.5. The molecule has 2 aliphatic rings. The molecule has 57 heteroatoms. The summed E-state index contributed by atoms with van der Waals surface area (Å²) in [6.07, 6.45) is -4.52. The van der Waals surface area contributed by atoms with E-state index in [4.69, 9.17) is 33.8 Å². The molecule has 832 valence electrons. The molecule has 2 aromatic heterocycles. The van der Waals surface area contributed by atoms with E-state index in [1.807, 2.05) is 0 Å². The first-order valence-corrected chi connectivity index (χ1v) is 49.6. The SMILES string of the molecule is CC[C@@H](C)[C@@H]1NC(=O)[C@H](C)NC(=O)[C@@H](NC(=O)[C@H](C)NC(C)=O)Cn2cc(nn2)C[C@@H](C(=O)N[C@@H](C)C(N)O)NC(=O)[C@H](C)NC(=O)[C@H](C)NC(=O)[C@H](CCCNC(=N)N)NC(=O)[C@@H](C)NC(=O)[C@@H](C)NC(=O)[C@@H](CC(C)C)NC(=O)[C@H](Cc2c[nH]c3ccccc23)NC(=O)[C@H](CCC(N)=O)NC(=O)[C@H](CCCNC(=N)N)NC(=O)[C@H](CC(C)C)NC(=O)[C@@H]([C@@H](C)O)NC(=O)[C@@H]2CCCN2C(=O)CNC(=O)[C@@H](CCC(=O)O)NC1=O. The highest BCUT2D eigenvalue weighted by molar-refractivity contribution is 6.03. The molecule has 57 nitrogen and oxygen atoms in total. The van der Waals surface area contributed by atoms with Gasteiger partial charge in [-0.1, -0.05) is 71.4 Å². The van der Waals surface area contributed by atoms with E-state index in [9.17, 15) is 111 Å². The second kappa shape index (κ2) is 60.8. The smallest absolute Gasteiger partial charge is 0.303 e. The molecule has 2 aliphatic heterocycles. The van der Waals surface area contributed by atoms with E-state index in [2.05, 4.69) is 127 Å². The summed E-state index contributed by atoms with van der Waals surface area (Å²) in [5.41, 5.74) is 23.4. The Labute approximate surface area is 865 Å². The van der Waals surface area contributed by atoms with Gasteiger partial charge in [-0.2, -0.15) is 0 Å². The minimum absolute atomic E-state index is 0.0164. The lowest BCUT2D eigenvalue weighted by atomic mass is 9.97. The first-order valence-electron chi connectivity index (χ1n) is 49.6. The number of guanidine groups is 2. The molecular formula is C93H150N32O25. The number of carboxylic acid groups (broad SMARTS) is 1. The number of nitrogens with two attached hydrogens (primary N) is 4. The quantitative estimate of drug-likeness (QED) is 0.0133. The highest BCUT2D eigenvalue weighted by Crippen LogP contribution is 2.23. The summed E-state index contributed by atoms with van der Waals surface area (Å²) in [5.74, 6) is -25.0. The number of rotatable bonds is 29. The van der Waals surface area contributed by atoms with Crippen LogP contribution in [0.1, 0.15) is 199 Å². The highest BCUT2D eigenvalue weighted by atomic mass is 16.4. The van der Waals surface area contributed by atoms with Gasteiger partial charge < -0.3 is 160 Å². The van der Waals surface area contributed by atoms with Crippen molar-refractivity contribution in [3.63, 3.8) is 0 Å². The van der Waals surface area contributed by atoms with E-state index in [1.54, 1.807) is 65.1 Å². The molecule has 0 radical (unpaired) electrons. The molecule has 2 bridgehead atoms. The summed E-state index contributed by atoms with van der Waals surface area (Å²) < 4.78 is 1.01. The fourth-order valence-corrected chi connectivity index (χ4v) is 15.7. The van der Waals surface area contributed by atoms with Gasteiger partial charge in [0.25, 0.3) is 0 Å². The number of H-pyrrole nitrogens is 1. The molecule has 0 aliphatic carbocycles. The zero-order valence-electron chi connectivity index (χ0n) is 86.9. The van der Waals surface area contributed by atoms with Gasteiger partial charge in [0.05, 0.1) is 30.9 Å². The first-order chi connectivity index (χ1) is 70.4. The summed E-state index contributed by atoms with van der Waals surface area (Å²) in [5, 5.41) is 108. The second-order valence-corrected chi connectivity index (χ2v) is 38.3. The molecule has 1 aromatic carbocycles. The minimum Gasteiger partial charge on any atom is -0.481 e. The molecule has 21 amide bonds. The Hall–Kier alpha value is -15.3. The maximum atomic E-state index is 15.1. The number of amides is 21. The molecule has 1 unspecified atom stereocenters. The maximum absolute atomic E-state index is 15.1. The van der Waals surface area contributed by atoms with Crippen LogP contribution in [0.5, 0.6) is 0 Å². The molecule has 5 rings (SSSR count). The normalized spacial score (nSPS) is 25.4. The van der Waals surface area contributed by atoms with Crippen LogP contribution in [0.4, 0.5) is 0 Å². The number of carbonyl (C=O) groups is 22. The zero-order chi connectivity index (χ0) is 113. The van der Waals surface area contributed by atoms with E-state index < -0.39 is 326 Å². The number of nitrogens with zero attached hydrogens (tertiary/aromatic N) is 4. The van der Waals surface area contributed by atoms with Crippen molar-refractivity contribution in [1.29, 1.82) is 10.8 Å². The number of para-hydroxylation sites is 1. The van der Waals surface area contributed by atoms with Crippen molar-refractivity contribution in [2.24, 2.45) is 40.7 Å². The molecular weight excluding hydrogens is 1970 g/mol. The van der Waals surface area contributed by atoms with Gasteiger partial charge in [-0.05, 0) is 149 Å². The van der Waals surface area contributed by atoms with Gasteiger partial charge in [0.15, 0.2) is 11.9 Å². The summed E-state index contributed by atoms with van der Waals surface area (Å²) >= 11 is 0. The van der Waals surface area contributed by atoms with Crippen molar-refractivity contribution in [2.45, 2.75) is 334 Å². The van der Waals surface area contributed by atoms with Crippen LogP contribution in [0.15, 0.2) is 36.7 Å². The highest BCUT2D eigenvalue weighted by Gasteiger charge is 2.43. The largest absolute Gasteiger partial charge is 0.481 e. The predicted molar refractivity (Wildman–Crippen MR) is 537 cm³/mol. The molecule has 0 spiro atoms. The molecule has 150 heavy (non-hydrogen) atoms. The van der Waals surface area contributed by atoms with Crippen LogP contribution < -0.4 is 135 Å². The van der Waals surface area contributed by atoms with Crippen molar-refractivity contribution in [1.82, 2.24) is 137 Å². The van der Waals surface area contributed by atoms with Crippen LogP contribution in [0.2, 0.25) is 0 Å². The van der Waals surface area contributed by atoms with Gasteiger partial charge in [0, 0.05) is 75.5 Å². The molecule has 0 saturated carbocycles. The predicted octanol–water partition coefficient (Wildman–Crippen LogP) is -10.00. The van der Waals surface area contributed by atoms with Crippen molar-refractivity contribution in [3.8, 4) is 0 Å². The number of nitrogens with one attached hydrogen (secondary N) is 24. The molecule has 35 N–H and O–H groups in total. The van der Waals surface area contributed by atoms with Gasteiger partial charge in [-0.25, -0.2) is 4.68 Å². The van der Waals surface area contributed by atoms with Gasteiger partial charge in [0.2, 0.25) is 124 Å². The number of benzene rings is 1. The van der Waals surface area contributed by atoms with Crippen molar-refractivity contribution in [3.05, 3.63) is 47.9 Å². The molecule has 1 saturated heterocycles. The van der Waals surface area contributed by atoms with Crippen LogP contribution >= 0.6 is 0 Å². The van der Waals surface area contributed by atoms with E-state index in [1.165, 1.54) is 61.6 Å². The van der Waals surface area contributed by atoms with Crippen LogP contribution in [-0.2, 0) is 125 Å². The fraction of sp³-hybridized carbons (Fsp3) is 0.634. The Balaban J connectivity index is 1.60. The lowest BCUT2D eigenvalue weighted by molar-refractivity contribution is -0.141. The van der Waals surface area contributed by atoms with Crippen molar-refractivity contribution >= 4 is 153 Å². The first kappa shape index (κ1) is 125. The number of aromatic nitrogens is 4. The standard InChI is InChI=1S/C93H150N32O25/c1-16-44(6)71-90(149)114-60(28-30-70(130)131)80(139)103-39-69(129)125-33-21-26-67(125)89(148)121-72(52(14)126)91(150)118-63(35-43(4)5)86(145)112-59(25-20-32-101-93(98)99)82(141)113-61(27-29-68(94)128)83(142)117-64(36-54-38-102-57-23-18-17-22-56(54)57)87(146)116-62(34-42(2)3)84(143)109-48(10)75(134)106-49(11)77(136)111-58(24-19-31-100-92(96)97)81(140)108-47(9)74(133)107-50(12)78(137)115-65(85(144)105-45(7)73(95)132)37-55-40-124(123-122-55)41-66(88(147)110-51(13)79(138)120-71)119-76(135)46(8)104-53(15)127/h17-18,22-23,38,40,42-52,58-67,71-73,102,126,132H,16,19-21,24-37,39,41,95H2,1-15H3,(H2,94,128)(H,103,139)(H,104,127)(H,105,144)(H,106,134)(H,107,133)(H,108,140)(H,109,143)(H,110,147)(H,111,136)(H,112,145)(H,113,141)(H,114,149)(H,115,137)(H,116,146)(H,117,142)(H,118,150)(H,119,135)(H,120,138)(H,121,148)(H,130,131)(H4,96,97,100)(H4,98,99,101)/t44-,45+,46+,47+,48-,49-,50+,51+,52-,58+,59+,60-,61+,62-,63+,64+,65+,66+,67+,71+,72-,73?/m1/s1. The van der Waals surface area contributed by atoms with Crippen LogP contribution in [0.3, 0.4) is 0 Å². The third-order valence-electron chi connectivity index (χ3n) is 24.5. The zero-order valence-corrected chi connectivity index (χ0v) is 86.9. The third kappa shape index (κ3) is 41.8.